The SMILES string of the molecule is CCN(C(=O)c1ccc(OC)c(-c2ccccc2)c1)C1CCS(=O)(=O)C1. The highest BCUT2D eigenvalue weighted by Crippen LogP contribution is 2.31. The van der Waals surface area contributed by atoms with Gasteiger partial charge in [0.2, 0.25) is 0 Å². The molecule has 6 heteroatoms. The fourth-order valence-corrected chi connectivity index (χ4v) is 5.17. The smallest absolute Gasteiger partial charge is 0.254 e. The molecule has 138 valence electrons. The largest absolute Gasteiger partial charge is 0.496 e. The summed E-state index contributed by atoms with van der Waals surface area (Å²) in [5.41, 5.74) is 2.34. The van der Waals surface area contributed by atoms with E-state index in [0.29, 0.717) is 24.3 Å². The second-order valence-electron chi connectivity index (χ2n) is 6.43. The van der Waals surface area contributed by atoms with Gasteiger partial charge >= 0.3 is 0 Å². The Morgan fingerprint density at radius 2 is 1.92 bits per heavy atom. The van der Waals surface area contributed by atoms with E-state index in [1.165, 1.54) is 0 Å². The maximum atomic E-state index is 13.0. The minimum absolute atomic E-state index is 0.0499. The van der Waals surface area contributed by atoms with Gasteiger partial charge in [0.05, 0.1) is 18.6 Å². The summed E-state index contributed by atoms with van der Waals surface area (Å²) in [6.07, 6.45) is 0.504. The Balaban J connectivity index is 1.94. The van der Waals surface area contributed by atoms with Crippen molar-refractivity contribution in [3.8, 4) is 16.9 Å². The van der Waals surface area contributed by atoms with Gasteiger partial charge in [0.15, 0.2) is 9.84 Å². The van der Waals surface area contributed by atoms with Crippen molar-refractivity contribution >= 4 is 15.7 Å². The average Bonchev–Trinajstić information content (AvgIpc) is 3.02. The number of hydrogen-bond acceptors (Lipinski definition) is 4. The van der Waals surface area contributed by atoms with E-state index in [-0.39, 0.29) is 23.5 Å². The van der Waals surface area contributed by atoms with Crippen LogP contribution >= 0.6 is 0 Å². The van der Waals surface area contributed by atoms with Gasteiger partial charge in [-0.3, -0.25) is 4.79 Å². The van der Waals surface area contributed by atoms with Gasteiger partial charge in [0.25, 0.3) is 5.91 Å². The monoisotopic (exact) mass is 373 g/mol. The zero-order chi connectivity index (χ0) is 18.7. The van der Waals surface area contributed by atoms with Crippen LogP contribution in [0.4, 0.5) is 0 Å². The number of rotatable bonds is 5. The van der Waals surface area contributed by atoms with Crippen LogP contribution in [-0.4, -0.2) is 50.4 Å². The second-order valence-corrected chi connectivity index (χ2v) is 8.66. The van der Waals surface area contributed by atoms with Crippen LogP contribution in [0.15, 0.2) is 48.5 Å². The summed E-state index contributed by atoms with van der Waals surface area (Å²) in [6.45, 7) is 2.36. The van der Waals surface area contributed by atoms with E-state index in [1.807, 2.05) is 43.3 Å². The third-order valence-electron chi connectivity index (χ3n) is 4.78. The molecule has 2 aromatic carbocycles. The lowest BCUT2D eigenvalue weighted by Crippen LogP contribution is -2.41. The number of hydrogen-bond donors (Lipinski definition) is 0. The minimum atomic E-state index is -3.04. The Morgan fingerprint density at radius 3 is 2.50 bits per heavy atom. The number of nitrogens with zero attached hydrogens (tertiary/aromatic N) is 1. The Kier molecular flexibility index (Phi) is 5.32. The van der Waals surface area contributed by atoms with Crippen molar-refractivity contribution in [2.24, 2.45) is 0 Å². The van der Waals surface area contributed by atoms with E-state index in [4.69, 9.17) is 4.74 Å². The van der Waals surface area contributed by atoms with Crippen molar-refractivity contribution in [2.45, 2.75) is 19.4 Å². The van der Waals surface area contributed by atoms with E-state index in [1.54, 1.807) is 24.1 Å². The number of carbonyl (C=O) groups is 1. The van der Waals surface area contributed by atoms with Crippen LogP contribution in [0.3, 0.4) is 0 Å². The molecule has 2 aromatic rings. The summed E-state index contributed by atoms with van der Waals surface area (Å²) >= 11 is 0. The summed E-state index contributed by atoms with van der Waals surface area (Å²) in [5.74, 6) is 0.752. The van der Waals surface area contributed by atoms with Gasteiger partial charge in [0, 0.05) is 23.7 Å². The summed E-state index contributed by atoms with van der Waals surface area (Å²) in [4.78, 5) is 14.7. The van der Waals surface area contributed by atoms with Crippen molar-refractivity contribution in [3.05, 3.63) is 54.1 Å². The first-order valence-electron chi connectivity index (χ1n) is 8.70. The predicted molar refractivity (Wildman–Crippen MR) is 102 cm³/mol. The van der Waals surface area contributed by atoms with Crippen LogP contribution in [0.2, 0.25) is 0 Å². The van der Waals surface area contributed by atoms with Crippen molar-refractivity contribution in [1.29, 1.82) is 0 Å². The fourth-order valence-electron chi connectivity index (χ4n) is 3.44. The summed E-state index contributed by atoms with van der Waals surface area (Å²) in [7, 11) is -1.44. The van der Waals surface area contributed by atoms with Gasteiger partial charge in [0.1, 0.15) is 5.75 Å². The summed E-state index contributed by atoms with van der Waals surface area (Å²) in [6, 6.07) is 14.8. The summed E-state index contributed by atoms with van der Waals surface area (Å²) < 4.78 is 29.0. The molecule has 1 heterocycles. The van der Waals surface area contributed by atoms with Crippen LogP contribution in [0, 0.1) is 0 Å². The molecule has 1 aliphatic rings. The van der Waals surface area contributed by atoms with Crippen molar-refractivity contribution in [3.63, 3.8) is 0 Å². The molecule has 1 saturated heterocycles. The van der Waals surface area contributed by atoms with Crippen LogP contribution in [0.25, 0.3) is 11.1 Å². The molecular weight excluding hydrogens is 350 g/mol. The number of carbonyl (C=O) groups excluding carboxylic acids is 1. The van der Waals surface area contributed by atoms with Crippen molar-refractivity contribution in [1.82, 2.24) is 4.90 Å². The van der Waals surface area contributed by atoms with Crippen LogP contribution in [0.5, 0.6) is 5.75 Å². The van der Waals surface area contributed by atoms with Crippen LogP contribution < -0.4 is 4.74 Å². The van der Waals surface area contributed by atoms with E-state index in [0.717, 1.165) is 11.1 Å². The summed E-state index contributed by atoms with van der Waals surface area (Å²) in [5, 5.41) is 0. The minimum Gasteiger partial charge on any atom is -0.496 e. The van der Waals surface area contributed by atoms with Gasteiger partial charge in [-0.2, -0.15) is 0 Å². The van der Waals surface area contributed by atoms with Crippen LogP contribution in [0.1, 0.15) is 23.7 Å². The Hall–Kier alpha value is -2.34. The molecule has 0 bridgehead atoms. The Bertz CT molecular complexity index is 893. The lowest BCUT2D eigenvalue weighted by atomic mass is 10.0. The molecule has 0 radical (unpaired) electrons. The molecule has 0 spiro atoms. The molecule has 5 nitrogen and oxygen atoms in total. The highest BCUT2D eigenvalue weighted by atomic mass is 32.2. The fraction of sp³-hybridized carbons (Fsp3) is 0.350. The molecular formula is C20H23NO4S. The molecule has 3 rings (SSSR count). The number of amides is 1. The lowest BCUT2D eigenvalue weighted by molar-refractivity contribution is 0.0708. The standard InChI is InChI=1S/C20H23NO4S/c1-3-21(17-11-12-26(23,24)14-17)20(22)16-9-10-19(25-2)18(13-16)15-7-5-4-6-8-15/h4-10,13,17H,3,11-12,14H2,1-2H3. The molecule has 0 saturated carbocycles. The first kappa shape index (κ1) is 18.5. The molecule has 0 aliphatic carbocycles. The Morgan fingerprint density at radius 1 is 1.19 bits per heavy atom. The van der Waals surface area contributed by atoms with Crippen molar-refractivity contribution < 1.29 is 17.9 Å². The van der Waals surface area contributed by atoms with Gasteiger partial charge in [-0.05, 0) is 37.1 Å². The molecule has 26 heavy (non-hydrogen) atoms. The molecule has 1 aliphatic heterocycles. The zero-order valence-corrected chi connectivity index (χ0v) is 15.8. The highest BCUT2D eigenvalue weighted by molar-refractivity contribution is 7.91. The number of ether oxygens (including phenoxy) is 1. The molecule has 0 N–H and O–H groups in total. The maximum absolute atomic E-state index is 13.0. The van der Waals surface area contributed by atoms with E-state index in [9.17, 15) is 13.2 Å². The van der Waals surface area contributed by atoms with Gasteiger partial charge in [-0.15, -0.1) is 0 Å². The third kappa shape index (κ3) is 3.75. The van der Waals surface area contributed by atoms with E-state index >= 15 is 0 Å². The van der Waals surface area contributed by atoms with Crippen LogP contribution in [-0.2, 0) is 9.84 Å². The first-order chi connectivity index (χ1) is 12.4. The molecule has 1 amide bonds. The zero-order valence-electron chi connectivity index (χ0n) is 15.0. The number of methoxy groups -OCH3 is 1. The van der Waals surface area contributed by atoms with Gasteiger partial charge in [-0.1, -0.05) is 30.3 Å². The number of sulfone groups is 1. The van der Waals surface area contributed by atoms with E-state index < -0.39 is 9.84 Å². The van der Waals surface area contributed by atoms with Gasteiger partial charge in [-0.25, -0.2) is 8.42 Å². The van der Waals surface area contributed by atoms with Gasteiger partial charge < -0.3 is 9.64 Å². The van der Waals surface area contributed by atoms with Crippen molar-refractivity contribution in [2.75, 3.05) is 25.2 Å². The predicted octanol–water partition coefficient (Wildman–Crippen LogP) is 3.01. The highest BCUT2D eigenvalue weighted by Gasteiger charge is 2.34. The average molecular weight is 373 g/mol. The Labute approximate surface area is 154 Å². The molecule has 1 unspecified atom stereocenters. The normalized spacial score (nSPS) is 18.5. The molecule has 1 atom stereocenters. The number of benzene rings is 2. The second kappa shape index (κ2) is 7.50. The maximum Gasteiger partial charge on any atom is 0.254 e. The molecule has 0 aromatic heterocycles. The topological polar surface area (TPSA) is 63.7 Å². The lowest BCUT2D eigenvalue weighted by Gasteiger charge is -2.27. The quantitative estimate of drug-likeness (QED) is 0.808. The first-order valence-corrected chi connectivity index (χ1v) is 10.5. The molecule has 1 fully saturated rings. The third-order valence-corrected chi connectivity index (χ3v) is 6.53. The van der Waals surface area contributed by atoms with E-state index in [2.05, 4.69) is 0 Å².